The summed E-state index contributed by atoms with van der Waals surface area (Å²) < 4.78 is 0. The summed E-state index contributed by atoms with van der Waals surface area (Å²) >= 11 is 0. The van der Waals surface area contributed by atoms with Crippen molar-refractivity contribution < 1.29 is 0 Å². The third kappa shape index (κ3) is 3.64. The number of aryl methyl sites for hydroxylation is 1. The Bertz CT molecular complexity index is 570. The van der Waals surface area contributed by atoms with Crippen LogP contribution in [0.2, 0.25) is 0 Å². The number of hydrogen-bond acceptors (Lipinski definition) is 0. The molecule has 20 heavy (non-hydrogen) atoms. The molecule has 0 saturated carbocycles. The minimum absolute atomic E-state index is 0.0480. The van der Waals surface area contributed by atoms with E-state index in [2.05, 4.69) is 68.7 Å². The van der Waals surface area contributed by atoms with Gasteiger partial charge in [-0.15, -0.1) is 0 Å². The summed E-state index contributed by atoms with van der Waals surface area (Å²) in [5.41, 5.74) is 1.29. The maximum absolute atomic E-state index is 4.28. The highest BCUT2D eigenvalue weighted by Gasteiger charge is 2.30. The summed E-state index contributed by atoms with van der Waals surface area (Å²) in [5, 5.41) is 0. The van der Waals surface area contributed by atoms with E-state index in [0.717, 1.165) is 17.7 Å². The topological polar surface area (TPSA) is 0 Å². The van der Waals surface area contributed by atoms with Crippen LogP contribution in [-0.4, -0.2) is 0 Å². The highest BCUT2D eigenvalue weighted by Crippen LogP contribution is 2.33. The molecule has 1 aliphatic carbocycles. The molecule has 2 rings (SSSR count). The highest BCUT2D eigenvalue weighted by molar-refractivity contribution is 8.04. The maximum atomic E-state index is 4.28. The van der Waals surface area contributed by atoms with Crippen LogP contribution in [0, 0.1) is 6.92 Å². The third-order valence-corrected chi connectivity index (χ3v) is 5.44. The van der Waals surface area contributed by atoms with Gasteiger partial charge in [-0.05, 0) is 44.2 Å². The quantitative estimate of drug-likeness (QED) is 0.496. The number of rotatable bonds is 5. The van der Waals surface area contributed by atoms with Gasteiger partial charge in [-0.25, -0.2) is 0 Å². The van der Waals surface area contributed by atoms with Gasteiger partial charge in [-0.3, -0.25) is 0 Å². The molecule has 1 aromatic rings. The average molecular weight is 281 g/mol. The molecule has 1 atom stereocenters. The Morgan fingerprint density at radius 3 is 2.60 bits per heavy atom. The Morgan fingerprint density at radius 2 is 2.00 bits per heavy atom. The number of allylic oxidation sites excluding steroid dienone is 7. The molecule has 0 aromatic heterocycles. The first-order chi connectivity index (χ1) is 9.72. The van der Waals surface area contributed by atoms with Gasteiger partial charge in [0, 0.05) is 6.42 Å². The van der Waals surface area contributed by atoms with E-state index in [0.29, 0.717) is 0 Å². The third-order valence-electron chi connectivity index (χ3n) is 3.17. The van der Waals surface area contributed by atoms with Crippen LogP contribution in [0.5, 0.6) is 0 Å². The van der Waals surface area contributed by atoms with Crippen molar-refractivity contribution in [3.05, 3.63) is 89.3 Å². The van der Waals surface area contributed by atoms with Gasteiger partial charge >= 0.3 is 0 Å². The fourth-order valence-corrected chi connectivity index (χ4v) is 4.24. The molecule has 1 heteroatoms. The van der Waals surface area contributed by atoms with Crippen LogP contribution in [0.4, 0.5) is 0 Å². The van der Waals surface area contributed by atoms with Crippen molar-refractivity contribution in [2.24, 2.45) is 0 Å². The monoisotopic (exact) mass is 281 g/mol. The van der Waals surface area contributed by atoms with Crippen molar-refractivity contribution in [2.75, 3.05) is 0 Å². The van der Waals surface area contributed by atoms with Crippen LogP contribution in [0.15, 0.2) is 88.6 Å². The first kappa shape index (κ1) is 14.7. The highest BCUT2D eigenvalue weighted by atomic mass is 32.2. The SMILES string of the molecule is C=C/C=C\C(=C)[S+](C1=CC=CCC1)c1ccc(C)cc1. The second-order valence-corrected chi connectivity index (χ2v) is 6.91. The Hall–Kier alpha value is -1.73. The predicted molar refractivity (Wildman–Crippen MR) is 91.7 cm³/mol. The molecule has 0 nitrogen and oxygen atoms in total. The zero-order valence-electron chi connectivity index (χ0n) is 12.0. The molecule has 0 spiro atoms. The van der Waals surface area contributed by atoms with E-state index in [1.165, 1.54) is 15.4 Å². The van der Waals surface area contributed by atoms with Crippen LogP contribution in [0.3, 0.4) is 0 Å². The smallest absolute Gasteiger partial charge is 0.0991 e. The van der Waals surface area contributed by atoms with Crippen molar-refractivity contribution >= 4 is 10.9 Å². The summed E-state index contributed by atoms with van der Waals surface area (Å²) in [4.78, 5) is 3.96. The molecule has 102 valence electrons. The molecule has 0 saturated heterocycles. The standard InChI is InChI=1S/C19H21S/c1-4-5-9-17(3)20(18-10-7-6-8-11-18)19-14-12-16(2)13-15-19/h4-7,9-10,12-15H,1,3,8,11H2,2H3/q+1/b9-5-. The van der Waals surface area contributed by atoms with Gasteiger partial charge in [0.1, 0.15) is 4.91 Å². The Balaban J connectivity index is 2.37. The molecule has 0 heterocycles. The summed E-state index contributed by atoms with van der Waals surface area (Å²) in [5.74, 6) is 0. The molecule has 0 fully saturated rings. The second-order valence-electron chi connectivity index (χ2n) is 4.78. The molecular formula is C19H21S+. The van der Waals surface area contributed by atoms with Gasteiger partial charge in [-0.2, -0.15) is 0 Å². The Morgan fingerprint density at radius 1 is 1.25 bits per heavy atom. The van der Waals surface area contributed by atoms with Crippen LogP contribution in [0.25, 0.3) is 0 Å². The fourth-order valence-electron chi connectivity index (χ4n) is 2.14. The van der Waals surface area contributed by atoms with Gasteiger partial charge in [-0.1, -0.05) is 48.6 Å². The predicted octanol–water partition coefficient (Wildman–Crippen LogP) is 5.46. The van der Waals surface area contributed by atoms with Crippen molar-refractivity contribution in [1.82, 2.24) is 0 Å². The van der Waals surface area contributed by atoms with Crippen LogP contribution in [0.1, 0.15) is 18.4 Å². The molecular weight excluding hydrogens is 260 g/mol. The molecule has 1 aromatic carbocycles. The van der Waals surface area contributed by atoms with Gasteiger partial charge in [0.05, 0.1) is 10.9 Å². The molecule has 0 radical (unpaired) electrons. The molecule has 0 bridgehead atoms. The minimum Gasteiger partial charge on any atom is -0.0991 e. The lowest BCUT2D eigenvalue weighted by molar-refractivity contribution is 1.02. The summed E-state index contributed by atoms with van der Waals surface area (Å²) in [6.45, 7) is 10.1. The summed E-state index contributed by atoms with van der Waals surface area (Å²) in [7, 11) is -0.0480. The van der Waals surface area contributed by atoms with E-state index < -0.39 is 0 Å². The molecule has 0 N–H and O–H groups in total. The lowest BCUT2D eigenvalue weighted by atomic mass is 10.2. The van der Waals surface area contributed by atoms with E-state index >= 15 is 0 Å². The van der Waals surface area contributed by atoms with Crippen LogP contribution >= 0.6 is 0 Å². The van der Waals surface area contributed by atoms with Crippen LogP contribution in [-0.2, 0) is 10.9 Å². The van der Waals surface area contributed by atoms with E-state index in [1.54, 1.807) is 6.08 Å². The number of hydrogen-bond donors (Lipinski definition) is 0. The Labute approximate surface area is 125 Å². The van der Waals surface area contributed by atoms with E-state index in [9.17, 15) is 0 Å². The van der Waals surface area contributed by atoms with E-state index in [-0.39, 0.29) is 10.9 Å². The lowest BCUT2D eigenvalue weighted by Gasteiger charge is -2.12. The first-order valence-corrected chi connectivity index (χ1v) is 8.09. The second kappa shape index (κ2) is 7.16. The molecule has 1 aliphatic rings. The normalized spacial score (nSPS) is 15.9. The lowest BCUT2D eigenvalue weighted by Crippen LogP contribution is -2.09. The fraction of sp³-hybridized carbons (Fsp3) is 0.158. The maximum Gasteiger partial charge on any atom is 0.166 e. The Kier molecular flexibility index (Phi) is 5.25. The summed E-state index contributed by atoms with van der Waals surface area (Å²) in [6.07, 6.45) is 14.7. The van der Waals surface area contributed by atoms with Gasteiger partial charge in [0.15, 0.2) is 9.80 Å². The van der Waals surface area contributed by atoms with E-state index in [4.69, 9.17) is 0 Å². The number of benzene rings is 1. The first-order valence-electron chi connectivity index (χ1n) is 6.87. The van der Waals surface area contributed by atoms with Crippen LogP contribution < -0.4 is 0 Å². The zero-order chi connectivity index (χ0) is 14.4. The van der Waals surface area contributed by atoms with Crippen molar-refractivity contribution in [3.63, 3.8) is 0 Å². The van der Waals surface area contributed by atoms with Crippen molar-refractivity contribution in [2.45, 2.75) is 24.7 Å². The molecule has 1 unspecified atom stereocenters. The van der Waals surface area contributed by atoms with Crippen molar-refractivity contribution in [3.8, 4) is 0 Å². The average Bonchev–Trinajstić information content (AvgIpc) is 2.48. The molecule has 0 aliphatic heterocycles. The molecule has 0 amide bonds. The van der Waals surface area contributed by atoms with Crippen molar-refractivity contribution in [1.29, 1.82) is 0 Å². The van der Waals surface area contributed by atoms with E-state index in [1.807, 2.05) is 6.08 Å². The summed E-state index contributed by atoms with van der Waals surface area (Å²) in [6, 6.07) is 8.81. The van der Waals surface area contributed by atoms with Gasteiger partial charge < -0.3 is 0 Å². The minimum atomic E-state index is -0.0480. The van der Waals surface area contributed by atoms with Gasteiger partial charge in [0.2, 0.25) is 0 Å². The zero-order valence-corrected chi connectivity index (χ0v) is 12.8. The largest absolute Gasteiger partial charge is 0.166 e. The van der Waals surface area contributed by atoms with Gasteiger partial charge in [0.25, 0.3) is 0 Å².